The summed E-state index contributed by atoms with van der Waals surface area (Å²) in [5, 5.41) is 15.2. The van der Waals surface area contributed by atoms with Gasteiger partial charge in [0.1, 0.15) is 18.8 Å². The highest BCUT2D eigenvalue weighted by Crippen LogP contribution is 2.32. The van der Waals surface area contributed by atoms with Gasteiger partial charge >= 0.3 is 0 Å². The van der Waals surface area contributed by atoms with E-state index in [0.29, 0.717) is 15.6 Å². The van der Waals surface area contributed by atoms with Crippen molar-refractivity contribution in [1.82, 2.24) is 14.8 Å². The molecule has 0 bridgehead atoms. The minimum absolute atomic E-state index is 0.254. The zero-order valence-corrected chi connectivity index (χ0v) is 10.6. The molecule has 0 aliphatic carbocycles. The highest BCUT2D eigenvalue weighted by molar-refractivity contribution is 6.35. The molecule has 0 fully saturated rings. The van der Waals surface area contributed by atoms with Crippen LogP contribution in [0.4, 0.5) is 0 Å². The number of aromatic nitrogens is 3. The smallest absolute Gasteiger partial charge is 0.137 e. The number of nitrogens with zero attached hydrogens (tertiary/aromatic N) is 3. The van der Waals surface area contributed by atoms with Crippen LogP contribution in [0.15, 0.2) is 30.9 Å². The van der Waals surface area contributed by atoms with Gasteiger partial charge in [-0.2, -0.15) is 5.10 Å². The molecule has 0 amide bonds. The third-order valence-electron chi connectivity index (χ3n) is 2.59. The molecule has 0 spiro atoms. The molecule has 2 aromatic rings. The number of aliphatic hydroxyl groups is 1. The van der Waals surface area contributed by atoms with Gasteiger partial charge in [0.05, 0.1) is 6.04 Å². The molecular weight excluding hydrogens is 261 g/mol. The number of hydrogen-bond donors (Lipinski definition) is 1. The van der Waals surface area contributed by atoms with E-state index in [1.807, 2.05) is 6.92 Å². The Kier molecular flexibility index (Phi) is 3.66. The third-order valence-corrected chi connectivity index (χ3v) is 3.15. The van der Waals surface area contributed by atoms with Gasteiger partial charge in [-0.25, -0.2) is 9.67 Å². The Bertz CT molecular complexity index is 501. The second-order valence-corrected chi connectivity index (χ2v) is 4.57. The van der Waals surface area contributed by atoms with Crippen molar-refractivity contribution in [1.29, 1.82) is 0 Å². The molecule has 2 atom stereocenters. The monoisotopic (exact) mass is 271 g/mol. The Morgan fingerprint density at radius 2 is 2.12 bits per heavy atom. The first-order valence-corrected chi connectivity index (χ1v) is 5.82. The van der Waals surface area contributed by atoms with Gasteiger partial charge < -0.3 is 5.11 Å². The third kappa shape index (κ3) is 2.60. The Balaban J connectivity index is 2.28. The molecule has 1 aromatic carbocycles. The molecule has 0 aliphatic rings. The number of hydrogen-bond acceptors (Lipinski definition) is 3. The Hall–Kier alpha value is -1.10. The summed E-state index contributed by atoms with van der Waals surface area (Å²) in [6.45, 7) is 1.84. The average Bonchev–Trinajstić information content (AvgIpc) is 2.80. The summed E-state index contributed by atoms with van der Waals surface area (Å²) in [6.07, 6.45) is 2.21. The van der Waals surface area contributed by atoms with E-state index in [1.165, 1.54) is 6.33 Å². The standard InChI is InChI=1S/C11H11Cl2N3O/c1-7(16-6-14-5-15-16)11(17)9-3-2-8(12)4-10(9)13/h2-7,11,17H,1H3. The van der Waals surface area contributed by atoms with Gasteiger partial charge in [-0.15, -0.1) is 0 Å². The highest BCUT2D eigenvalue weighted by atomic mass is 35.5. The zero-order valence-electron chi connectivity index (χ0n) is 9.09. The molecule has 4 nitrogen and oxygen atoms in total. The lowest BCUT2D eigenvalue weighted by Gasteiger charge is -2.20. The van der Waals surface area contributed by atoms with Crippen LogP contribution >= 0.6 is 23.2 Å². The average molecular weight is 272 g/mol. The Morgan fingerprint density at radius 1 is 1.35 bits per heavy atom. The molecule has 0 aliphatic heterocycles. The van der Waals surface area contributed by atoms with Crippen LogP contribution in [0.3, 0.4) is 0 Å². The first-order chi connectivity index (χ1) is 8.09. The molecule has 0 saturated carbocycles. The normalized spacial score (nSPS) is 14.6. The van der Waals surface area contributed by atoms with Crippen molar-refractivity contribution in [2.75, 3.05) is 0 Å². The molecular formula is C11H11Cl2N3O. The summed E-state index contributed by atoms with van der Waals surface area (Å²) in [5.74, 6) is 0. The molecule has 1 heterocycles. The number of rotatable bonds is 3. The van der Waals surface area contributed by atoms with E-state index in [-0.39, 0.29) is 6.04 Å². The van der Waals surface area contributed by atoms with E-state index in [2.05, 4.69) is 10.1 Å². The summed E-state index contributed by atoms with van der Waals surface area (Å²) < 4.78 is 1.58. The summed E-state index contributed by atoms with van der Waals surface area (Å²) in [5.41, 5.74) is 0.624. The summed E-state index contributed by atoms with van der Waals surface area (Å²) in [7, 11) is 0. The topological polar surface area (TPSA) is 50.9 Å². The van der Waals surface area contributed by atoms with Gasteiger partial charge in [0.25, 0.3) is 0 Å². The SMILES string of the molecule is CC(C(O)c1ccc(Cl)cc1Cl)n1cncn1. The van der Waals surface area contributed by atoms with Crippen molar-refractivity contribution >= 4 is 23.2 Å². The van der Waals surface area contributed by atoms with Crippen molar-refractivity contribution in [3.05, 3.63) is 46.5 Å². The number of aliphatic hydroxyl groups excluding tert-OH is 1. The first-order valence-electron chi connectivity index (χ1n) is 5.06. The van der Waals surface area contributed by atoms with Crippen LogP contribution in [0.5, 0.6) is 0 Å². The van der Waals surface area contributed by atoms with E-state index >= 15 is 0 Å². The predicted molar refractivity (Wildman–Crippen MR) is 66.2 cm³/mol. The van der Waals surface area contributed by atoms with Crippen LogP contribution in [0.25, 0.3) is 0 Å². The van der Waals surface area contributed by atoms with Crippen LogP contribution < -0.4 is 0 Å². The van der Waals surface area contributed by atoms with Crippen LogP contribution in [-0.4, -0.2) is 19.9 Å². The van der Waals surface area contributed by atoms with Crippen molar-refractivity contribution in [3.8, 4) is 0 Å². The fraction of sp³-hybridized carbons (Fsp3) is 0.273. The first kappa shape index (κ1) is 12.4. The maximum absolute atomic E-state index is 10.2. The molecule has 0 radical (unpaired) electrons. The second-order valence-electron chi connectivity index (χ2n) is 3.73. The van der Waals surface area contributed by atoms with Gasteiger partial charge in [0, 0.05) is 15.6 Å². The van der Waals surface area contributed by atoms with Crippen LogP contribution in [0, 0.1) is 0 Å². The quantitative estimate of drug-likeness (QED) is 0.934. The fourth-order valence-electron chi connectivity index (χ4n) is 1.57. The predicted octanol–water partition coefficient (Wildman–Crippen LogP) is 2.88. The molecule has 6 heteroatoms. The van der Waals surface area contributed by atoms with Crippen LogP contribution in [0.2, 0.25) is 10.0 Å². The number of benzene rings is 1. The number of halogens is 2. The lowest BCUT2D eigenvalue weighted by Crippen LogP contribution is -2.15. The molecule has 1 N–H and O–H groups in total. The molecule has 2 unspecified atom stereocenters. The summed E-state index contributed by atoms with van der Waals surface area (Å²) in [6, 6.07) is 4.76. The van der Waals surface area contributed by atoms with E-state index in [9.17, 15) is 5.11 Å². The summed E-state index contributed by atoms with van der Waals surface area (Å²) >= 11 is 11.8. The maximum Gasteiger partial charge on any atom is 0.137 e. The van der Waals surface area contributed by atoms with Gasteiger partial charge in [-0.3, -0.25) is 0 Å². The van der Waals surface area contributed by atoms with E-state index in [0.717, 1.165) is 0 Å². The van der Waals surface area contributed by atoms with Crippen molar-refractivity contribution in [3.63, 3.8) is 0 Å². The molecule has 1 aromatic heterocycles. The lowest BCUT2D eigenvalue weighted by molar-refractivity contribution is 0.115. The maximum atomic E-state index is 10.2. The van der Waals surface area contributed by atoms with Crippen molar-refractivity contribution in [2.24, 2.45) is 0 Å². The molecule has 90 valence electrons. The van der Waals surface area contributed by atoms with Crippen molar-refractivity contribution in [2.45, 2.75) is 19.1 Å². The van der Waals surface area contributed by atoms with Crippen molar-refractivity contribution < 1.29 is 5.11 Å². The highest BCUT2D eigenvalue weighted by Gasteiger charge is 2.20. The largest absolute Gasteiger partial charge is 0.386 e. The summed E-state index contributed by atoms with van der Waals surface area (Å²) in [4.78, 5) is 3.84. The molecule has 0 saturated heterocycles. The molecule has 2 rings (SSSR count). The van der Waals surface area contributed by atoms with Gasteiger partial charge in [0.15, 0.2) is 0 Å². The second kappa shape index (κ2) is 5.04. The van der Waals surface area contributed by atoms with E-state index < -0.39 is 6.10 Å². The van der Waals surface area contributed by atoms with E-state index in [1.54, 1.807) is 29.2 Å². The van der Waals surface area contributed by atoms with Gasteiger partial charge in [-0.05, 0) is 19.1 Å². The van der Waals surface area contributed by atoms with Crippen LogP contribution in [-0.2, 0) is 0 Å². The zero-order chi connectivity index (χ0) is 12.4. The minimum Gasteiger partial charge on any atom is -0.386 e. The van der Waals surface area contributed by atoms with Crippen LogP contribution in [0.1, 0.15) is 24.6 Å². The Morgan fingerprint density at radius 3 is 2.71 bits per heavy atom. The van der Waals surface area contributed by atoms with Gasteiger partial charge in [-0.1, -0.05) is 29.3 Å². The van der Waals surface area contributed by atoms with E-state index in [4.69, 9.17) is 23.2 Å². The minimum atomic E-state index is -0.763. The molecule has 17 heavy (non-hydrogen) atoms. The van der Waals surface area contributed by atoms with Gasteiger partial charge in [0.2, 0.25) is 0 Å². The fourth-order valence-corrected chi connectivity index (χ4v) is 2.09. The lowest BCUT2D eigenvalue weighted by atomic mass is 10.0. The Labute approximate surface area is 109 Å².